The van der Waals surface area contributed by atoms with E-state index in [1.807, 2.05) is 0 Å². The molecule has 0 aliphatic heterocycles. The van der Waals surface area contributed by atoms with Crippen molar-refractivity contribution in [3.63, 3.8) is 0 Å². The number of hydrogen-bond donors (Lipinski definition) is 0. The van der Waals surface area contributed by atoms with Crippen LogP contribution in [0.25, 0.3) is 0 Å². The second-order valence-electron chi connectivity index (χ2n) is 11.2. The Hall–Kier alpha value is 0.439. The third-order valence-corrected chi connectivity index (χ3v) is 37.5. The fourth-order valence-corrected chi connectivity index (χ4v) is 34.6. The van der Waals surface area contributed by atoms with Gasteiger partial charge in [0.25, 0.3) is 0 Å². The van der Waals surface area contributed by atoms with Gasteiger partial charge in [0.2, 0.25) is 0 Å². The summed E-state index contributed by atoms with van der Waals surface area (Å²) in [5.74, 6) is 3.18. The first-order valence-electron chi connectivity index (χ1n) is 15.3. The molecule has 0 bridgehead atoms. The summed E-state index contributed by atoms with van der Waals surface area (Å²) in [5.41, 5.74) is 0. The number of unbranched alkanes of at least 4 members (excludes halogenated alkanes) is 6. The van der Waals surface area contributed by atoms with Crippen LogP contribution in [0.1, 0.15) is 131 Å². The molecular weight excluding hydrogens is 607 g/mol. The first kappa shape index (κ1) is 37.4. The standard InChI is InChI=1S/2C11H22O2S.2C4H9.Sn/c2*1-10(2)6-4-3-5-8-13-11(12)7-9-14;2*1-3-4-2;/h2*10,14H,3-9H2,1-2H3;2*1,3-4H2,2H3;/q;;;;+2/p-2. The van der Waals surface area contributed by atoms with Gasteiger partial charge in [-0.15, -0.1) is 0 Å². The van der Waals surface area contributed by atoms with Gasteiger partial charge in [-0.1, -0.05) is 0 Å². The van der Waals surface area contributed by atoms with Crippen molar-refractivity contribution in [2.45, 2.75) is 140 Å². The maximum absolute atomic E-state index is 12.3. The molecule has 0 spiro atoms. The third kappa shape index (κ3) is 24.0. The van der Waals surface area contributed by atoms with Crippen molar-refractivity contribution in [1.29, 1.82) is 0 Å². The summed E-state index contributed by atoms with van der Waals surface area (Å²) >= 11 is -2.56. The second-order valence-corrected chi connectivity index (χ2v) is 37.8. The summed E-state index contributed by atoms with van der Waals surface area (Å²) in [6.45, 7) is 14.7. The van der Waals surface area contributed by atoms with E-state index in [0.29, 0.717) is 26.1 Å². The molecule has 37 heavy (non-hydrogen) atoms. The Balaban J connectivity index is 4.46. The van der Waals surface area contributed by atoms with E-state index in [-0.39, 0.29) is 11.9 Å². The number of carbonyl (C=O) groups excluding carboxylic acids is 2. The summed E-state index contributed by atoms with van der Waals surface area (Å²) in [7, 11) is 4.26. The van der Waals surface area contributed by atoms with Gasteiger partial charge in [-0.2, -0.15) is 0 Å². The molecular formula is C30H60O4S2Sn. The second kappa shape index (κ2) is 25.4. The van der Waals surface area contributed by atoms with E-state index in [2.05, 4.69) is 59.4 Å². The van der Waals surface area contributed by atoms with Gasteiger partial charge in [-0.25, -0.2) is 0 Å². The average molecular weight is 668 g/mol. The van der Waals surface area contributed by atoms with Crippen LogP contribution in [0.15, 0.2) is 0 Å². The number of ether oxygens (including phenoxy) is 2. The molecule has 0 radical (unpaired) electrons. The van der Waals surface area contributed by atoms with E-state index < -0.39 is 15.6 Å². The van der Waals surface area contributed by atoms with Crippen molar-refractivity contribution in [1.82, 2.24) is 0 Å². The van der Waals surface area contributed by atoms with E-state index in [0.717, 1.165) is 49.0 Å². The van der Waals surface area contributed by atoms with Gasteiger partial charge in [-0.3, -0.25) is 0 Å². The van der Waals surface area contributed by atoms with Crippen molar-refractivity contribution in [3.8, 4) is 0 Å². The van der Waals surface area contributed by atoms with Gasteiger partial charge < -0.3 is 0 Å². The van der Waals surface area contributed by atoms with E-state index in [9.17, 15) is 9.59 Å². The van der Waals surface area contributed by atoms with Crippen LogP contribution < -0.4 is 0 Å². The molecule has 0 fully saturated rings. The zero-order chi connectivity index (χ0) is 27.8. The Labute approximate surface area is 240 Å². The minimum absolute atomic E-state index is 0.0375. The molecule has 0 aromatic heterocycles. The average Bonchev–Trinajstić information content (AvgIpc) is 2.85. The van der Waals surface area contributed by atoms with Crippen LogP contribution in [0.4, 0.5) is 0 Å². The number of rotatable bonds is 26. The van der Waals surface area contributed by atoms with Gasteiger partial charge in [0.15, 0.2) is 0 Å². The van der Waals surface area contributed by atoms with Gasteiger partial charge in [-0.05, 0) is 0 Å². The third-order valence-electron chi connectivity index (χ3n) is 6.54. The summed E-state index contributed by atoms with van der Waals surface area (Å²) in [4.78, 5) is 24.6. The van der Waals surface area contributed by atoms with Crippen molar-refractivity contribution in [2.24, 2.45) is 11.8 Å². The summed E-state index contributed by atoms with van der Waals surface area (Å²) in [6.07, 6.45) is 15.2. The van der Waals surface area contributed by atoms with Crippen molar-refractivity contribution < 1.29 is 19.1 Å². The molecule has 0 saturated heterocycles. The summed E-state index contributed by atoms with van der Waals surface area (Å²) in [5, 5.41) is 0. The minimum atomic E-state index is -2.56. The molecule has 4 nitrogen and oxygen atoms in total. The molecule has 0 heterocycles. The molecule has 0 atom stereocenters. The van der Waals surface area contributed by atoms with E-state index in [1.165, 1.54) is 60.2 Å². The molecule has 0 aliphatic rings. The van der Waals surface area contributed by atoms with Crippen LogP contribution in [0.5, 0.6) is 0 Å². The number of esters is 2. The quantitative estimate of drug-likeness (QED) is 0.0520. The summed E-state index contributed by atoms with van der Waals surface area (Å²) in [6, 6.07) is 0. The molecule has 7 heteroatoms. The van der Waals surface area contributed by atoms with Crippen molar-refractivity contribution in [2.75, 3.05) is 24.7 Å². The molecule has 0 saturated carbocycles. The molecule has 0 aromatic carbocycles. The van der Waals surface area contributed by atoms with Crippen LogP contribution >= 0.6 is 17.9 Å². The monoisotopic (exact) mass is 668 g/mol. The normalized spacial score (nSPS) is 11.9. The van der Waals surface area contributed by atoms with E-state index >= 15 is 0 Å². The molecule has 0 aromatic rings. The summed E-state index contributed by atoms with van der Waals surface area (Å²) < 4.78 is 13.7. The van der Waals surface area contributed by atoms with Crippen LogP contribution in [0, 0.1) is 11.8 Å². The van der Waals surface area contributed by atoms with Crippen molar-refractivity contribution in [3.05, 3.63) is 0 Å². The van der Waals surface area contributed by atoms with Gasteiger partial charge >= 0.3 is 241 Å². The van der Waals surface area contributed by atoms with E-state index in [1.54, 1.807) is 0 Å². The molecule has 0 N–H and O–H groups in total. The predicted molar refractivity (Wildman–Crippen MR) is 168 cm³/mol. The van der Waals surface area contributed by atoms with Crippen molar-refractivity contribution >= 4 is 45.4 Å². The maximum atomic E-state index is 12.3. The first-order chi connectivity index (χ1) is 17.7. The molecule has 0 rings (SSSR count). The van der Waals surface area contributed by atoms with Gasteiger partial charge in [0.1, 0.15) is 0 Å². The van der Waals surface area contributed by atoms with E-state index in [4.69, 9.17) is 9.47 Å². The number of hydrogen-bond acceptors (Lipinski definition) is 6. The Kier molecular flexibility index (Phi) is 25.7. The van der Waals surface area contributed by atoms with Crippen LogP contribution in [-0.2, 0) is 19.1 Å². The molecule has 0 aliphatic carbocycles. The SMILES string of the molecule is CCC[CH2][Sn]([CH2]CCC)([S]CCC(=O)OCCCCCC(C)C)[S]CCC(=O)OCCCCCC(C)C. The Morgan fingerprint density at radius 2 is 1.03 bits per heavy atom. The topological polar surface area (TPSA) is 52.6 Å². The van der Waals surface area contributed by atoms with Gasteiger partial charge in [0.05, 0.1) is 0 Å². The Bertz CT molecular complexity index is 510. The van der Waals surface area contributed by atoms with Crippen LogP contribution in [0.3, 0.4) is 0 Å². The van der Waals surface area contributed by atoms with Gasteiger partial charge in [0, 0.05) is 0 Å². The molecule has 220 valence electrons. The number of carbonyl (C=O) groups is 2. The predicted octanol–water partition coefficient (Wildman–Crippen LogP) is 9.79. The zero-order valence-electron chi connectivity index (χ0n) is 25.2. The Morgan fingerprint density at radius 1 is 0.622 bits per heavy atom. The first-order valence-corrected chi connectivity index (χ1v) is 28.3. The zero-order valence-corrected chi connectivity index (χ0v) is 29.7. The Morgan fingerprint density at radius 3 is 1.38 bits per heavy atom. The molecule has 0 unspecified atom stereocenters. The fourth-order valence-electron chi connectivity index (χ4n) is 4.17. The van der Waals surface area contributed by atoms with Crippen LogP contribution in [-0.4, -0.2) is 52.3 Å². The fraction of sp³-hybridized carbons (Fsp3) is 0.933. The van der Waals surface area contributed by atoms with Crippen LogP contribution in [0.2, 0.25) is 8.87 Å². The molecule has 0 amide bonds.